The van der Waals surface area contributed by atoms with Crippen molar-refractivity contribution in [2.45, 2.75) is 26.2 Å². The molecule has 13 heavy (non-hydrogen) atoms. The van der Waals surface area contributed by atoms with E-state index in [1.807, 2.05) is 18.2 Å². The summed E-state index contributed by atoms with van der Waals surface area (Å²) >= 11 is 7.66. The van der Waals surface area contributed by atoms with Crippen LogP contribution in [0.2, 0.25) is 0 Å². The van der Waals surface area contributed by atoms with Gasteiger partial charge in [0.25, 0.3) is 0 Å². The van der Waals surface area contributed by atoms with Crippen molar-refractivity contribution < 1.29 is 0 Å². The quantitative estimate of drug-likeness (QED) is 0.431. The van der Waals surface area contributed by atoms with Crippen LogP contribution < -0.4 is 0 Å². The van der Waals surface area contributed by atoms with Gasteiger partial charge in [-0.05, 0) is 41.1 Å². The van der Waals surface area contributed by atoms with E-state index in [0.29, 0.717) is 0 Å². The Morgan fingerprint density at radius 1 is 1.15 bits per heavy atom. The van der Waals surface area contributed by atoms with Gasteiger partial charge in [-0.15, -0.1) is 11.6 Å². The van der Waals surface area contributed by atoms with Crippen molar-refractivity contribution in [3.8, 4) is 0 Å². The Bertz CT molecular complexity index is 183. The summed E-state index contributed by atoms with van der Waals surface area (Å²) in [5, 5.41) is 0. The fourth-order valence-corrected chi connectivity index (χ4v) is 1.36. The Hall–Kier alpha value is 0.240. The fraction of sp³-hybridized carbons (Fsp3) is 0.455. The van der Waals surface area contributed by atoms with E-state index in [9.17, 15) is 0 Å². The predicted molar refractivity (Wildman–Crippen MR) is 69.4 cm³/mol. The summed E-state index contributed by atoms with van der Waals surface area (Å²) in [6.07, 6.45) is 3.73. The number of alkyl halides is 1. The molecule has 1 aromatic carbocycles. The zero-order valence-corrected chi connectivity index (χ0v) is 10.9. The predicted octanol–water partition coefficient (Wildman–Crippen LogP) is 4.71. The highest BCUT2D eigenvalue weighted by Crippen LogP contribution is 1.99. The zero-order valence-electron chi connectivity index (χ0n) is 7.97. The molecule has 0 aromatic heterocycles. The zero-order chi connectivity index (χ0) is 9.94. The van der Waals surface area contributed by atoms with Crippen LogP contribution in [-0.2, 0) is 0 Å². The van der Waals surface area contributed by atoms with Gasteiger partial charge in [-0.2, -0.15) is 0 Å². The summed E-state index contributed by atoms with van der Waals surface area (Å²) in [5.74, 6) is 0.827. The molecule has 0 nitrogen and oxygen atoms in total. The lowest BCUT2D eigenvalue weighted by Crippen LogP contribution is -1.70. The average molecular weight is 311 g/mol. The molecule has 0 unspecified atom stereocenters. The van der Waals surface area contributed by atoms with Crippen LogP contribution in [0.1, 0.15) is 26.2 Å². The normalized spacial score (nSPS) is 8.85. The SMILES string of the molecule is CCCCCCl.Ic1ccccc1. The second-order valence-corrected chi connectivity index (χ2v) is 4.32. The minimum absolute atomic E-state index is 0.827. The van der Waals surface area contributed by atoms with E-state index in [2.05, 4.69) is 41.6 Å². The van der Waals surface area contributed by atoms with E-state index in [1.165, 1.54) is 22.8 Å². The summed E-state index contributed by atoms with van der Waals surface area (Å²) in [7, 11) is 0. The highest BCUT2D eigenvalue weighted by molar-refractivity contribution is 14.1. The van der Waals surface area contributed by atoms with Crippen molar-refractivity contribution in [1.82, 2.24) is 0 Å². The number of benzene rings is 1. The monoisotopic (exact) mass is 310 g/mol. The van der Waals surface area contributed by atoms with Crippen molar-refractivity contribution in [2.24, 2.45) is 0 Å². The van der Waals surface area contributed by atoms with Crippen molar-refractivity contribution in [2.75, 3.05) is 5.88 Å². The molecule has 0 fully saturated rings. The van der Waals surface area contributed by atoms with E-state index >= 15 is 0 Å². The highest BCUT2D eigenvalue weighted by atomic mass is 127. The van der Waals surface area contributed by atoms with Gasteiger partial charge >= 0.3 is 0 Å². The van der Waals surface area contributed by atoms with Crippen LogP contribution in [0.4, 0.5) is 0 Å². The second-order valence-electron chi connectivity index (χ2n) is 2.69. The van der Waals surface area contributed by atoms with Crippen molar-refractivity contribution >= 4 is 34.2 Å². The molecule has 0 heterocycles. The number of rotatable bonds is 3. The fourth-order valence-electron chi connectivity index (χ4n) is 0.759. The standard InChI is InChI=1S/C6H5I.C5H11Cl/c7-6-4-2-1-3-5-6;1-2-3-4-5-6/h1-5H;2-5H2,1H3. The maximum absolute atomic E-state index is 5.38. The van der Waals surface area contributed by atoms with Crippen LogP contribution in [0.15, 0.2) is 30.3 Å². The maximum Gasteiger partial charge on any atom is 0.0223 e. The minimum atomic E-state index is 0.827. The van der Waals surface area contributed by atoms with Crippen molar-refractivity contribution in [3.05, 3.63) is 33.9 Å². The summed E-state index contributed by atoms with van der Waals surface area (Å²) in [6.45, 7) is 2.17. The van der Waals surface area contributed by atoms with E-state index in [1.54, 1.807) is 0 Å². The molecule has 0 saturated heterocycles. The molecular formula is C11H16ClI. The van der Waals surface area contributed by atoms with Gasteiger partial charge in [0, 0.05) is 9.45 Å². The van der Waals surface area contributed by atoms with E-state index < -0.39 is 0 Å². The highest BCUT2D eigenvalue weighted by Gasteiger charge is 1.77. The molecular weight excluding hydrogens is 294 g/mol. The molecule has 2 heteroatoms. The molecule has 0 atom stereocenters. The van der Waals surface area contributed by atoms with Gasteiger partial charge in [-0.1, -0.05) is 38.0 Å². The van der Waals surface area contributed by atoms with Crippen LogP contribution in [0, 0.1) is 3.57 Å². The van der Waals surface area contributed by atoms with Crippen LogP contribution in [-0.4, -0.2) is 5.88 Å². The summed E-state index contributed by atoms with van der Waals surface area (Å²) in [5.41, 5.74) is 0. The molecule has 0 radical (unpaired) electrons. The molecule has 1 rings (SSSR count). The van der Waals surface area contributed by atoms with Gasteiger partial charge in [-0.3, -0.25) is 0 Å². The number of unbranched alkanes of at least 4 members (excludes halogenated alkanes) is 2. The number of hydrogen-bond acceptors (Lipinski definition) is 0. The molecule has 0 aliphatic heterocycles. The lowest BCUT2D eigenvalue weighted by molar-refractivity contribution is 0.776. The van der Waals surface area contributed by atoms with Gasteiger partial charge in [0.15, 0.2) is 0 Å². The van der Waals surface area contributed by atoms with Crippen LogP contribution in [0.25, 0.3) is 0 Å². The van der Waals surface area contributed by atoms with Crippen molar-refractivity contribution in [1.29, 1.82) is 0 Å². The molecule has 0 amide bonds. The first-order valence-electron chi connectivity index (χ1n) is 4.57. The Morgan fingerprint density at radius 3 is 2.00 bits per heavy atom. The third kappa shape index (κ3) is 10.2. The first kappa shape index (κ1) is 13.2. The van der Waals surface area contributed by atoms with E-state index in [4.69, 9.17) is 11.6 Å². The number of halogens is 2. The summed E-state index contributed by atoms with van der Waals surface area (Å²) in [6, 6.07) is 10.2. The third-order valence-electron chi connectivity index (χ3n) is 1.47. The third-order valence-corrected chi connectivity index (χ3v) is 2.46. The second kappa shape index (κ2) is 10.3. The van der Waals surface area contributed by atoms with Crippen LogP contribution in [0.3, 0.4) is 0 Å². The van der Waals surface area contributed by atoms with Gasteiger partial charge in [0.2, 0.25) is 0 Å². The summed E-state index contributed by atoms with van der Waals surface area (Å²) in [4.78, 5) is 0. The van der Waals surface area contributed by atoms with Gasteiger partial charge in [0.1, 0.15) is 0 Å². The van der Waals surface area contributed by atoms with E-state index in [-0.39, 0.29) is 0 Å². The Labute approximate surface area is 99.8 Å². The number of hydrogen-bond donors (Lipinski definition) is 0. The molecule has 1 aromatic rings. The average Bonchev–Trinajstić information content (AvgIpc) is 2.17. The lowest BCUT2D eigenvalue weighted by atomic mass is 10.3. The van der Waals surface area contributed by atoms with Crippen molar-refractivity contribution in [3.63, 3.8) is 0 Å². The first-order chi connectivity index (χ1) is 6.31. The molecule has 0 N–H and O–H groups in total. The Balaban J connectivity index is 0.000000226. The molecule has 0 aliphatic carbocycles. The van der Waals surface area contributed by atoms with Gasteiger partial charge in [-0.25, -0.2) is 0 Å². The lowest BCUT2D eigenvalue weighted by Gasteiger charge is -1.84. The molecule has 0 aliphatic rings. The minimum Gasteiger partial charge on any atom is -0.127 e. The van der Waals surface area contributed by atoms with Gasteiger partial charge < -0.3 is 0 Å². The topological polar surface area (TPSA) is 0 Å². The Kier molecular flexibility index (Phi) is 10.5. The molecule has 0 saturated carbocycles. The van der Waals surface area contributed by atoms with Gasteiger partial charge in [0.05, 0.1) is 0 Å². The van der Waals surface area contributed by atoms with Crippen LogP contribution in [0.5, 0.6) is 0 Å². The smallest absolute Gasteiger partial charge is 0.0223 e. The van der Waals surface area contributed by atoms with Crippen LogP contribution >= 0.6 is 34.2 Å². The molecule has 0 spiro atoms. The Morgan fingerprint density at radius 2 is 1.77 bits per heavy atom. The first-order valence-corrected chi connectivity index (χ1v) is 6.19. The van der Waals surface area contributed by atoms with E-state index in [0.717, 1.165) is 5.88 Å². The largest absolute Gasteiger partial charge is 0.127 e. The molecule has 0 bridgehead atoms. The summed E-state index contributed by atoms with van der Waals surface area (Å²) < 4.78 is 1.29. The molecule has 74 valence electrons. The maximum atomic E-state index is 5.38.